The van der Waals surface area contributed by atoms with Gasteiger partial charge >= 0.3 is 0 Å². The molecule has 66 valence electrons. The predicted molar refractivity (Wildman–Crippen MR) is 53.5 cm³/mol. The summed E-state index contributed by atoms with van der Waals surface area (Å²) < 4.78 is 0. The Morgan fingerprint density at radius 3 is 2.08 bits per heavy atom. The molecule has 0 bridgehead atoms. The Kier molecular flexibility index (Phi) is 4.77. The largest absolute Gasteiger partial charge is 0.384 e. The van der Waals surface area contributed by atoms with E-state index in [-0.39, 0.29) is 5.84 Å². The number of nitrogens with one attached hydrogen (secondary N) is 1. The highest BCUT2D eigenvalue weighted by atomic mass is 14.7. The van der Waals surface area contributed by atoms with Crippen molar-refractivity contribution in [1.29, 1.82) is 5.41 Å². The van der Waals surface area contributed by atoms with Crippen LogP contribution in [0.2, 0.25) is 0 Å². The zero-order chi connectivity index (χ0) is 9.56. The zero-order valence-corrected chi connectivity index (χ0v) is 7.89. The Morgan fingerprint density at radius 1 is 1.25 bits per heavy atom. The van der Waals surface area contributed by atoms with Gasteiger partial charge in [0, 0.05) is 5.56 Å². The summed E-state index contributed by atoms with van der Waals surface area (Å²) in [6.45, 7) is 5.94. The van der Waals surface area contributed by atoms with Gasteiger partial charge in [-0.05, 0) is 12.5 Å². The highest BCUT2D eigenvalue weighted by Crippen LogP contribution is 2.04. The molecule has 0 heterocycles. The minimum absolute atomic E-state index is 0.137. The topological polar surface area (TPSA) is 49.9 Å². The minimum Gasteiger partial charge on any atom is -0.384 e. The van der Waals surface area contributed by atoms with Crippen LogP contribution in [0, 0.1) is 12.3 Å². The minimum atomic E-state index is 0.137. The summed E-state index contributed by atoms with van der Waals surface area (Å²) in [4.78, 5) is 0. The van der Waals surface area contributed by atoms with Gasteiger partial charge in [0.15, 0.2) is 0 Å². The number of nitrogens with two attached hydrogens (primary N) is 1. The van der Waals surface area contributed by atoms with Gasteiger partial charge in [-0.25, -0.2) is 0 Å². The average molecular weight is 164 g/mol. The lowest BCUT2D eigenvalue weighted by molar-refractivity contribution is 1.37. The second kappa shape index (κ2) is 5.35. The van der Waals surface area contributed by atoms with Crippen LogP contribution >= 0.6 is 0 Å². The molecule has 0 saturated heterocycles. The molecule has 0 aromatic heterocycles. The quantitative estimate of drug-likeness (QED) is 0.485. The van der Waals surface area contributed by atoms with E-state index in [9.17, 15) is 0 Å². The number of aryl methyl sites for hydroxylation is 1. The van der Waals surface area contributed by atoms with Gasteiger partial charge in [-0.3, -0.25) is 5.41 Å². The predicted octanol–water partition coefficient (Wildman–Crippen LogP) is 2.31. The third-order valence-electron chi connectivity index (χ3n) is 1.44. The van der Waals surface area contributed by atoms with E-state index in [4.69, 9.17) is 11.1 Å². The second-order valence-corrected chi connectivity index (χ2v) is 2.23. The molecule has 2 heteroatoms. The molecule has 0 amide bonds. The molecule has 0 fully saturated rings. The van der Waals surface area contributed by atoms with Gasteiger partial charge in [0.25, 0.3) is 0 Å². The maximum atomic E-state index is 7.15. The summed E-state index contributed by atoms with van der Waals surface area (Å²) in [7, 11) is 0. The molecule has 12 heavy (non-hydrogen) atoms. The molecule has 3 N–H and O–H groups in total. The van der Waals surface area contributed by atoms with Crippen molar-refractivity contribution in [3.8, 4) is 0 Å². The van der Waals surface area contributed by atoms with Crippen LogP contribution in [0.5, 0.6) is 0 Å². The van der Waals surface area contributed by atoms with E-state index in [0.29, 0.717) is 0 Å². The van der Waals surface area contributed by atoms with Crippen molar-refractivity contribution in [1.82, 2.24) is 0 Å². The summed E-state index contributed by atoms with van der Waals surface area (Å²) in [6.07, 6.45) is 0. The van der Waals surface area contributed by atoms with Crippen molar-refractivity contribution in [2.75, 3.05) is 0 Å². The van der Waals surface area contributed by atoms with E-state index in [2.05, 4.69) is 0 Å². The van der Waals surface area contributed by atoms with E-state index in [1.165, 1.54) is 0 Å². The zero-order valence-electron chi connectivity index (χ0n) is 7.89. The SMILES string of the molecule is CC.Cc1ccccc1C(=N)N. The summed E-state index contributed by atoms with van der Waals surface area (Å²) in [5.74, 6) is 0.137. The number of nitrogen functional groups attached to an aromatic ring is 1. The van der Waals surface area contributed by atoms with Crippen molar-refractivity contribution in [2.45, 2.75) is 20.8 Å². The number of rotatable bonds is 1. The van der Waals surface area contributed by atoms with Crippen LogP contribution < -0.4 is 5.73 Å². The summed E-state index contributed by atoms with van der Waals surface area (Å²) in [5, 5.41) is 7.15. The number of benzene rings is 1. The second-order valence-electron chi connectivity index (χ2n) is 2.23. The molecule has 1 aromatic carbocycles. The maximum absolute atomic E-state index is 7.15. The standard InChI is InChI=1S/C8H10N2.C2H6/c1-6-4-2-3-5-7(6)8(9)10;1-2/h2-5H,1H3,(H3,9,10);1-2H3. The van der Waals surface area contributed by atoms with Crippen LogP contribution in [0.25, 0.3) is 0 Å². The highest BCUT2D eigenvalue weighted by Gasteiger charge is 1.96. The Morgan fingerprint density at radius 2 is 1.75 bits per heavy atom. The van der Waals surface area contributed by atoms with E-state index in [1.54, 1.807) is 0 Å². The molecule has 0 spiro atoms. The Bertz CT molecular complexity index is 254. The van der Waals surface area contributed by atoms with Gasteiger partial charge in [-0.1, -0.05) is 38.1 Å². The Balaban J connectivity index is 0.000000561. The van der Waals surface area contributed by atoms with E-state index in [0.717, 1.165) is 11.1 Å². The first kappa shape index (κ1) is 10.7. The third kappa shape index (κ3) is 2.74. The number of amidine groups is 1. The Labute approximate surface area is 73.9 Å². The molecule has 0 radical (unpaired) electrons. The lowest BCUT2D eigenvalue weighted by Gasteiger charge is -2.00. The van der Waals surface area contributed by atoms with Crippen molar-refractivity contribution in [3.05, 3.63) is 35.4 Å². The van der Waals surface area contributed by atoms with Crippen LogP contribution in [-0.2, 0) is 0 Å². The summed E-state index contributed by atoms with van der Waals surface area (Å²) >= 11 is 0. The van der Waals surface area contributed by atoms with Crippen LogP contribution in [0.1, 0.15) is 25.0 Å². The van der Waals surface area contributed by atoms with Crippen LogP contribution in [0.4, 0.5) is 0 Å². The van der Waals surface area contributed by atoms with E-state index < -0.39 is 0 Å². The van der Waals surface area contributed by atoms with E-state index in [1.807, 2.05) is 45.0 Å². The fourth-order valence-corrected chi connectivity index (χ4v) is 0.875. The van der Waals surface area contributed by atoms with Gasteiger partial charge in [0.2, 0.25) is 0 Å². The third-order valence-corrected chi connectivity index (χ3v) is 1.44. The van der Waals surface area contributed by atoms with Crippen molar-refractivity contribution >= 4 is 5.84 Å². The van der Waals surface area contributed by atoms with Gasteiger partial charge in [-0.15, -0.1) is 0 Å². The first-order valence-electron chi connectivity index (χ1n) is 4.12. The normalized spacial score (nSPS) is 8.25. The smallest absolute Gasteiger partial charge is 0.123 e. The van der Waals surface area contributed by atoms with Gasteiger partial charge in [0.1, 0.15) is 5.84 Å². The van der Waals surface area contributed by atoms with Crippen LogP contribution in [0.3, 0.4) is 0 Å². The first-order valence-corrected chi connectivity index (χ1v) is 4.12. The average Bonchev–Trinajstić information content (AvgIpc) is 2.08. The first-order chi connectivity index (χ1) is 5.72. The molecule has 0 atom stereocenters. The number of hydrogen-bond donors (Lipinski definition) is 2. The molecule has 0 saturated carbocycles. The molecule has 1 rings (SSSR count). The number of hydrogen-bond acceptors (Lipinski definition) is 1. The molecular weight excluding hydrogens is 148 g/mol. The molecule has 0 aliphatic heterocycles. The van der Waals surface area contributed by atoms with E-state index >= 15 is 0 Å². The fourth-order valence-electron chi connectivity index (χ4n) is 0.875. The van der Waals surface area contributed by atoms with Gasteiger partial charge < -0.3 is 5.73 Å². The summed E-state index contributed by atoms with van der Waals surface area (Å²) in [6, 6.07) is 7.60. The van der Waals surface area contributed by atoms with Gasteiger partial charge in [-0.2, -0.15) is 0 Å². The fraction of sp³-hybridized carbons (Fsp3) is 0.300. The molecule has 1 aromatic rings. The van der Waals surface area contributed by atoms with Crippen LogP contribution in [0.15, 0.2) is 24.3 Å². The Hall–Kier alpha value is -1.31. The molecule has 0 aliphatic carbocycles. The van der Waals surface area contributed by atoms with Crippen molar-refractivity contribution in [2.24, 2.45) is 5.73 Å². The monoisotopic (exact) mass is 164 g/mol. The lowest BCUT2D eigenvalue weighted by atomic mass is 10.1. The van der Waals surface area contributed by atoms with Crippen molar-refractivity contribution in [3.63, 3.8) is 0 Å². The lowest BCUT2D eigenvalue weighted by Crippen LogP contribution is -2.12. The molecule has 0 unspecified atom stereocenters. The summed E-state index contributed by atoms with van der Waals surface area (Å²) in [5.41, 5.74) is 7.17. The molecule has 0 aliphatic rings. The van der Waals surface area contributed by atoms with Crippen molar-refractivity contribution < 1.29 is 0 Å². The maximum Gasteiger partial charge on any atom is 0.123 e. The highest BCUT2D eigenvalue weighted by molar-refractivity contribution is 5.96. The molecular formula is C10H16N2. The van der Waals surface area contributed by atoms with Crippen LogP contribution in [-0.4, -0.2) is 5.84 Å². The molecule has 2 nitrogen and oxygen atoms in total. The van der Waals surface area contributed by atoms with Gasteiger partial charge in [0.05, 0.1) is 0 Å².